The lowest BCUT2D eigenvalue weighted by Crippen LogP contribution is -1.98. The van der Waals surface area contributed by atoms with Crippen LogP contribution in [0.1, 0.15) is 39.0 Å². The normalized spacial score (nSPS) is 12.0. The molecular formula is C49H39IN6O2S3. The number of nitrogens with zero attached hydrogens (tertiary/aromatic N) is 6. The van der Waals surface area contributed by atoms with Crippen LogP contribution in [-0.2, 0) is 13.1 Å². The Balaban J connectivity index is 1.06. The van der Waals surface area contributed by atoms with Gasteiger partial charge in [0.25, 0.3) is 0 Å². The molecule has 8 nitrogen and oxygen atoms in total. The Labute approximate surface area is 378 Å². The molecule has 8 aromatic heterocycles. The predicted molar refractivity (Wildman–Crippen MR) is 262 cm³/mol. The molecule has 11 aromatic rings. The summed E-state index contributed by atoms with van der Waals surface area (Å²) in [5, 5.41) is 2.50. The van der Waals surface area contributed by atoms with Gasteiger partial charge in [-0.05, 0) is 120 Å². The Hall–Kier alpha value is -5.41. The van der Waals surface area contributed by atoms with E-state index in [9.17, 15) is 0 Å². The summed E-state index contributed by atoms with van der Waals surface area (Å²) in [7, 11) is 0. The van der Waals surface area contributed by atoms with Crippen molar-refractivity contribution in [2.24, 2.45) is 0 Å². The van der Waals surface area contributed by atoms with E-state index in [1.54, 1.807) is 35.2 Å². The molecule has 8 heterocycles. The number of rotatable bonds is 14. The smallest absolute Gasteiger partial charge is 0.154 e. The molecule has 3 aromatic carbocycles. The van der Waals surface area contributed by atoms with Crippen molar-refractivity contribution in [2.75, 3.05) is 4.43 Å². The van der Waals surface area contributed by atoms with Gasteiger partial charge in [0.05, 0.1) is 24.3 Å². The quantitative estimate of drug-likeness (QED) is 0.0613. The van der Waals surface area contributed by atoms with E-state index in [0.717, 1.165) is 56.0 Å². The first kappa shape index (κ1) is 38.5. The summed E-state index contributed by atoms with van der Waals surface area (Å²) in [5.41, 5.74) is 11.1. The van der Waals surface area contributed by atoms with E-state index in [-0.39, 0.29) is 0 Å². The average molecular weight is 967 g/mol. The van der Waals surface area contributed by atoms with Crippen LogP contribution in [0.25, 0.3) is 109 Å². The van der Waals surface area contributed by atoms with Crippen molar-refractivity contribution in [3.63, 3.8) is 0 Å². The maximum atomic E-state index is 6.01. The molecule has 12 heteroatoms. The first-order valence-electron chi connectivity index (χ1n) is 20.7. The largest absolute Gasteiger partial charge is 0.463 e. The zero-order valence-electron chi connectivity index (χ0n) is 33.3. The topological polar surface area (TPSA) is 87.7 Å². The molecule has 61 heavy (non-hydrogen) atoms. The highest BCUT2D eigenvalue weighted by atomic mass is 127. The van der Waals surface area contributed by atoms with Crippen molar-refractivity contribution in [3.8, 4) is 64.7 Å². The summed E-state index contributed by atoms with van der Waals surface area (Å²) >= 11 is 7.17. The second kappa shape index (κ2) is 16.5. The van der Waals surface area contributed by atoms with Gasteiger partial charge in [0.2, 0.25) is 0 Å². The number of benzene rings is 3. The van der Waals surface area contributed by atoms with Crippen LogP contribution in [-0.4, -0.2) is 32.3 Å². The molecule has 11 rings (SSSR count). The number of thiophene rings is 2. The first-order valence-corrected chi connectivity index (χ1v) is 24.6. The zero-order valence-corrected chi connectivity index (χ0v) is 37.9. The predicted octanol–water partition coefficient (Wildman–Crippen LogP) is 15.3. The Bertz CT molecular complexity index is 3100. The number of halogens is 1. The molecule has 0 aliphatic heterocycles. The van der Waals surface area contributed by atoms with Crippen LogP contribution in [0.5, 0.6) is 0 Å². The van der Waals surface area contributed by atoms with Gasteiger partial charge in [0.15, 0.2) is 11.5 Å². The minimum atomic E-state index is 0.606. The minimum absolute atomic E-state index is 0.606. The van der Waals surface area contributed by atoms with Gasteiger partial charge in [0, 0.05) is 77.9 Å². The maximum Gasteiger partial charge on any atom is 0.154 e. The van der Waals surface area contributed by atoms with E-state index in [4.69, 9.17) is 27.5 Å². The highest BCUT2D eigenvalue weighted by Crippen LogP contribution is 2.48. The van der Waals surface area contributed by atoms with E-state index < -0.39 is 0 Å². The van der Waals surface area contributed by atoms with Gasteiger partial charge in [-0.25, -0.2) is 9.97 Å². The number of hydrogen-bond donors (Lipinski definition) is 0. The molecule has 0 radical (unpaired) electrons. The van der Waals surface area contributed by atoms with Crippen LogP contribution in [0, 0.1) is 0 Å². The summed E-state index contributed by atoms with van der Waals surface area (Å²) in [5.74, 6) is 1.22. The lowest BCUT2D eigenvalue weighted by Gasteiger charge is -2.13. The molecule has 302 valence electrons. The van der Waals surface area contributed by atoms with Gasteiger partial charge in [-0.2, -0.15) is 8.75 Å². The number of furan rings is 2. The molecule has 0 unspecified atom stereocenters. The number of unbranched alkanes of at least 4 members (excludes halogenated alkanes) is 3. The van der Waals surface area contributed by atoms with Crippen LogP contribution in [0.2, 0.25) is 0 Å². The molecule has 0 aliphatic carbocycles. The SMILES string of the molecule is CCCCCn1ccc2cc(-c3ccc(-c4c5nsnc5c(-c5ccc(-c6ccc7c(ccn7CCCCI)c6)s5)c5nc(-c6ccco6)c(-c6ccco6)nc45)s3)ccc21. The van der Waals surface area contributed by atoms with Crippen molar-refractivity contribution in [1.29, 1.82) is 0 Å². The second-order valence-electron chi connectivity index (χ2n) is 15.3. The number of aryl methyl sites for hydroxylation is 2. The van der Waals surface area contributed by atoms with Gasteiger partial charge in [-0.3, -0.25) is 0 Å². The third-order valence-corrected chi connectivity index (χ3v) is 15.0. The fourth-order valence-corrected chi connectivity index (χ4v) is 11.6. The maximum absolute atomic E-state index is 6.01. The third kappa shape index (κ3) is 7.03. The van der Waals surface area contributed by atoms with Crippen LogP contribution < -0.4 is 0 Å². The summed E-state index contributed by atoms with van der Waals surface area (Å²) < 4.78 is 28.0. The summed E-state index contributed by atoms with van der Waals surface area (Å²) in [6.07, 6.45) is 13.8. The molecule has 0 aliphatic rings. The van der Waals surface area contributed by atoms with E-state index in [1.165, 1.54) is 90.9 Å². The van der Waals surface area contributed by atoms with Crippen LogP contribution >= 0.6 is 57.0 Å². The van der Waals surface area contributed by atoms with Gasteiger partial charge in [-0.15, -0.1) is 22.7 Å². The van der Waals surface area contributed by atoms with E-state index in [0.29, 0.717) is 22.9 Å². The molecule has 0 saturated heterocycles. The molecule has 0 bridgehead atoms. The van der Waals surface area contributed by atoms with E-state index in [1.807, 2.05) is 24.3 Å². The van der Waals surface area contributed by atoms with Crippen molar-refractivity contribution in [2.45, 2.75) is 52.1 Å². The highest BCUT2D eigenvalue weighted by Gasteiger charge is 2.28. The van der Waals surface area contributed by atoms with Crippen LogP contribution in [0.3, 0.4) is 0 Å². The minimum Gasteiger partial charge on any atom is -0.463 e. The van der Waals surface area contributed by atoms with Crippen LogP contribution in [0.15, 0.2) is 131 Å². The molecule has 0 fully saturated rings. The lowest BCUT2D eigenvalue weighted by atomic mass is 10.0. The van der Waals surface area contributed by atoms with Gasteiger partial charge in [-0.1, -0.05) is 54.5 Å². The second-order valence-corrected chi connectivity index (χ2v) is 19.1. The average Bonchev–Trinajstić information content (AvgIpc) is 4.14. The van der Waals surface area contributed by atoms with Crippen LogP contribution in [0.4, 0.5) is 0 Å². The van der Waals surface area contributed by atoms with Crippen molar-refractivity contribution < 1.29 is 8.83 Å². The Morgan fingerprint density at radius 1 is 0.557 bits per heavy atom. The Kier molecular flexibility index (Phi) is 10.4. The number of hydrogen-bond acceptors (Lipinski definition) is 9. The fraction of sp³-hybridized carbons (Fsp3) is 0.184. The molecule has 0 atom stereocenters. The van der Waals surface area contributed by atoms with E-state index >= 15 is 0 Å². The van der Waals surface area contributed by atoms with Crippen molar-refractivity contribution >= 4 is 101 Å². The Morgan fingerprint density at radius 2 is 1.07 bits per heavy atom. The van der Waals surface area contributed by atoms with Crippen molar-refractivity contribution in [3.05, 3.63) is 122 Å². The molecule has 0 saturated carbocycles. The molecule has 0 spiro atoms. The third-order valence-electron chi connectivity index (χ3n) is 11.4. The first-order chi connectivity index (χ1) is 30.1. The highest BCUT2D eigenvalue weighted by molar-refractivity contribution is 14.1. The van der Waals surface area contributed by atoms with Gasteiger partial charge in [0.1, 0.15) is 33.5 Å². The van der Waals surface area contributed by atoms with E-state index in [2.05, 4.69) is 124 Å². The summed E-state index contributed by atoms with van der Waals surface area (Å²) in [6.45, 7) is 4.33. The molecule has 0 amide bonds. The molecular weight excluding hydrogens is 928 g/mol. The zero-order chi connectivity index (χ0) is 40.9. The lowest BCUT2D eigenvalue weighted by molar-refractivity contribution is 0.572. The standard InChI is InChI=1S/C49H39IN6O2S3/c1-2-3-5-22-55-24-19-30-28-32(11-13-34(30)55)38-15-17-40(59-38)42-46-47(52-45(37-10-8-27-58-37)44(51-46)36-9-7-26-57-36)43(49-48(42)53-61-54-49)41-18-16-39(60-41)33-12-14-35-31(29-33)20-25-56(35)23-6-4-21-50/h7-20,24-29H,2-6,21-23H2,1H3. The van der Waals surface area contributed by atoms with Gasteiger partial charge >= 0.3 is 0 Å². The summed E-state index contributed by atoms with van der Waals surface area (Å²) in [6, 6.07) is 34.5. The monoisotopic (exact) mass is 966 g/mol. The van der Waals surface area contributed by atoms with Gasteiger partial charge < -0.3 is 18.0 Å². The summed E-state index contributed by atoms with van der Waals surface area (Å²) in [4.78, 5) is 15.4. The number of aromatic nitrogens is 6. The number of fused-ring (bicyclic) bond motifs is 4. The number of alkyl halides is 1. The molecule has 0 N–H and O–H groups in total. The van der Waals surface area contributed by atoms with Crippen molar-refractivity contribution in [1.82, 2.24) is 27.8 Å². The Morgan fingerprint density at radius 3 is 1.54 bits per heavy atom. The fourth-order valence-electron chi connectivity index (χ4n) is 8.42.